The molecule has 2 bridgehead atoms. The normalized spacial score (nSPS) is 33.3. The van der Waals surface area contributed by atoms with Gasteiger partial charge in [0.2, 0.25) is 0 Å². The summed E-state index contributed by atoms with van der Waals surface area (Å²) in [5, 5.41) is 0. The van der Waals surface area contributed by atoms with Crippen LogP contribution in [0, 0.1) is 11.3 Å². The molecule has 0 radical (unpaired) electrons. The first kappa shape index (κ1) is 11.4. The number of hydrogen-bond donors (Lipinski definition) is 0. The van der Waals surface area contributed by atoms with E-state index in [0.717, 1.165) is 19.3 Å². The van der Waals surface area contributed by atoms with E-state index in [2.05, 4.69) is 0 Å². The fraction of sp³-hybridized carbons (Fsp3) is 0.692. The fourth-order valence-electron chi connectivity index (χ4n) is 2.82. The Balaban J connectivity index is 2.30. The Labute approximate surface area is 95.9 Å². The Hall–Kier alpha value is -1.12. The summed E-state index contributed by atoms with van der Waals surface area (Å²) in [6.45, 7) is 2.13. The molecule has 2 atom stereocenters. The first-order valence-electron chi connectivity index (χ1n) is 6.07. The molecule has 0 aromatic rings. The van der Waals surface area contributed by atoms with Crippen LogP contribution in [-0.2, 0) is 14.3 Å². The lowest BCUT2D eigenvalue weighted by Gasteiger charge is -2.35. The number of carbonyl (C=O) groups is 2. The summed E-state index contributed by atoms with van der Waals surface area (Å²) in [5.41, 5.74) is -0.855. The molecule has 0 aliphatic heterocycles. The van der Waals surface area contributed by atoms with Gasteiger partial charge in [-0.1, -0.05) is 18.6 Å². The van der Waals surface area contributed by atoms with Crippen molar-refractivity contribution in [3.63, 3.8) is 0 Å². The van der Waals surface area contributed by atoms with Gasteiger partial charge >= 0.3 is 5.97 Å². The largest absolute Gasteiger partial charge is 0.465 e. The molecule has 2 aliphatic rings. The van der Waals surface area contributed by atoms with Crippen LogP contribution in [0.25, 0.3) is 0 Å². The Bertz CT molecular complexity index is 332. The Morgan fingerprint density at radius 2 is 2.38 bits per heavy atom. The molecule has 1 fully saturated rings. The minimum Gasteiger partial charge on any atom is -0.465 e. The lowest BCUT2D eigenvalue weighted by Crippen LogP contribution is -2.45. The summed E-state index contributed by atoms with van der Waals surface area (Å²) < 4.78 is 5.09. The van der Waals surface area contributed by atoms with Crippen molar-refractivity contribution in [3.05, 3.63) is 12.2 Å². The predicted molar refractivity (Wildman–Crippen MR) is 59.8 cm³/mol. The minimum atomic E-state index is -0.855. The van der Waals surface area contributed by atoms with Gasteiger partial charge in [-0.05, 0) is 32.6 Å². The van der Waals surface area contributed by atoms with Crippen molar-refractivity contribution in [1.82, 2.24) is 0 Å². The van der Waals surface area contributed by atoms with Crippen molar-refractivity contribution in [1.29, 1.82) is 0 Å². The van der Waals surface area contributed by atoms with E-state index in [1.54, 1.807) is 6.92 Å². The van der Waals surface area contributed by atoms with Crippen LogP contribution < -0.4 is 0 Å². The molecule has 0 saturated heterocycles. The summed E-state index contributed by atoms with van der Waals surface area (Å²) in [4.78, 5) is 24.3. The fourth-order valence-corrected chi connectivity index (χ4v) is 2.82. The molecule has 16 heavy (non-hydrogen) atoms. The van der Waals surface area contributed by atoms with Gasteiger partial charge in [-0.25, -0.2) is 0 Å². The molecule has 0 unspecified atom stereocenters. The summed E-state index contributed by atoms with van der Waals surface area (Å²) in [6, 6.07) is 0. The van der Waals surface area contributed by atoms with Gasteiger partial charge in [-0.2, -0.15) is 0 Å². The molecule has 0 aromatic heterocycles. The average molecular weight is 222 g/mol. The van der Waals surface area contributed by atoms with Crippen molar-refractivity contribution in [3.8, 4) is 0 Å². The molecule has 2 aliphatic carbocycles. The van der Waals surface area contributed by atoms with Gasteiger partial charge in [0.05, 0.1) is 6.61 Å². The smallest absolute Gasteiger partial charge is 0.319 e. The Kier molecular flexibility index (Phi) is 3.13. The van der Waals surface area contributed by atoms with Gasteiger partial charge in [-0.15, -0.1) is 0 Å². The minimum absolute atomic E-state index is 0.0388. The second-order valence-electron chi connectivity index (χ2n) is 4.67. The van der Waals surface area contributed by atoms with Gasteiger partial charge in [0.1, 0.15) is 5.41 Å². The van der Waals surface area contributed by atoms with Crippen molar-refractivity contribution in [2.45, 2.75) is 39.0 Å². The van der Waals surface area contributed by atoms with Crippen LogP contribution in [0.3, 0.4) is 0 Å². The molecule has 0 amide bonds. The third kappa shape index (κ3) is 1.68. The number of carbonyl (C=O) groups excluding carboxylic acids is 2. The van der Waals surface area contributed by atoms with E-state index in [1.807, 2.05) is 12.2 Å². The molecular weight excluding hydrogens is 204 g/mol. The highest BCUT2D eigenvalue weighted by atomic mass is 16.5. The molecule has 0 spiro atoms. The van der Waals surface area contributed by atoms with Crippen LogP contribution in [0.15, 0.2) is 12.2 Å². The highest BCUT2D eigenvalue weighted by Gasteiger charge is 2.51. The van der Waals surface area contributed by atoms with Crippen molar-refractivity contribution >= 4 is 11.8 Å². The van der Waals surface area contributed by atoms with Crippen molar-refractivity contribution in [2.24, 2.45) is 11.3 Å². The second kappa shape index (κ2) is 4.40. The number of Topliss-reactive ketones (excluding diaryl/α,β-unsaturated/α-hetero) is 1. The molecule has 3 nitrogen and oxygen atoms in total. The number of ketones is 1. The molecule has 0 aromatic carbocycles. The summed E-state index contributed by atoms with van der Waals surface area (Å²) in [6.07, 6.45) is 7.86. The van der Waals surface area contributed by atoms with Gasteiger partial charge in [0.25, 0.3) is 0 Å². The molecule has 0 heterocycles. The van der Waals surface area contributed by atoms with Gasteiger partial charge in [0.15, 0.2) is 5.78 Å². The highest BCUT2D eigenvalue weighted by molar-refractivity contribution is 6.05. The summed E-state index contributed by atoms with van der Waals surface area (Å²) in [5.74, 6) is -0.157. The van der Waals surface area contributed by atoms with E-state index in [-0.39, 0.29) is 17.7 Å². The number of allylic oxidation sites excluding steroid dienone is 2. The van der Waals surface area contributed by atoms with Crippen molar-refractivity contribution < 1.29 is 14.3 Å². The van der Waals surface area contributed by atoms with Crippen LogP contribution in [0.1, 0.15) is 39.0 Å². The molecule has 1 saturated carbocycles. The number of hydrogen-bond acceptors (Lipinski definition) is 3. The standard InChI is InChI=1S/C13H18O3/c1-2-16-12(15)13-8-4-3-6-10(11(13)14)7-5-9-13/h3-4,10H,2,5-9H2,1H3/t10-,13-/m0/s1. The number of fused-ring (bicyclic) bond motifs is 2. The maximum atomic E-state index is 12.3. The maximum absolute atomic E-state index is 12.3. The lowest BCUT2D eigenvalue weighted by molar-refractivity contribution is -0.163. The van der Waals surface area contributed by atoms with E-state index < -0.39 is 5.41 Å². The summed E-state index contributed by atoms with van der Waals surface area (Å²) >= 11 is 0. The third-order valence-corrected chi connectivity index (χ3v) is 3.72. The van der Waals surface area contributed by atoms with E-state index in [4.69, 9.17) is 4.74 Å². The molecular formula is C13H18O3. The van der Waals surface area contributed by atoms with Crippen LogP contribution >= 0.6 is 0 Å². The first-order valence-corrected chi connectivity index (χ1v) is 6.07. The van der Waals surface area contributed by atoms with E-state index in [1.165, 1.54) is 0 Å². The molecule has 2 rings (SSSR count). The average Bonchev–Trinajstić information content (AvgIpc) is 2.38. The van der Waals surface area contributed by atoms with Gasteiger partial charge in [-0.3, -0.25) is 9.59 Å². The second-order valence-corrected chi connectivity index (χ2v) is 4.67. The van der Waals surface area contributed by atoms with E-state index >= 15 is 0 Å². The third-order valence-electron chi connectivity index (χ3n) is 3.72. The maximum Gasteiger partial charge on any atom is 0.319 e. The van der Waals surface area contributed by atoms with Crippen LogP contribution in [0.4, 0.5) is 0 Å². The molecule has 0 N–H and O–H groups in total. The quantitative estimate of drug-likeness (QED) is 0.409. The van der Waals surface area contributed by atoms with Crippen LogP contribution in [-0.4, -0.2) is 18.4 Å². The lowest BCUT2D eigenvalue weighted by atomic mass is 9.67. The van der Waals surface area contributed by atoms with Crippen molar-refractivity contribution in [2.75, 3.05) is 6.61 Å². The van der Waals surface area contributed by atoms with E-state index in [0.29, 0.717) is 19.4 Å². The van der Waals surface area contributed by atoms with Crippen LogP contribution in [0.5, 0.6) is 0 Å². The highest BCUT2D eigenvalue weighted by Crippen LogP contribution is 2.43. The monoisotopic (exact) mass is 222 g/mol. The van der Waals surface area contributed by atoms with Gasteiger partial charge < -0.3 is 4.74 Å². The van der Waals surface area contributed by atoms with Gasteiger partial charge in [0, 0.05) is 5.92 Å². The zero-order valence-corrected chi connectivity index (χ0v) is 9.70. The molecule has 3 heteroatoms. The number of ether oxygens (including phenoxy) is 1. The SMILES string of the molecule is CCOC(=O)[C@@]12CC=CC[C@@H](CCC1)C2=O. The summed E-state index contributed by atoms with van der Waals surface area (Å²) in [7, 11) is 0. The first-order chi connectivity index (χ1) is 7.70. The van der Waals surface area contributed by atoms with Crippen LogP contribution in [0.2, 0.25) is 0 Å². The number of rotatable bonds is 2. The Morgan fingerprint density at radius 3 is 3.12 bits per heavy atom. The molecule has 88 valence electrons. The zero-order valence-electron chi connectivity index (χ0n) is 9.70. The predicted octanol–water partition coefficient (Wildman–Crippen LogP) is 2.26. The Morgan fingerprint density at radius 1 is 1.56 bits per heavy atom. The zero-order chi connectivity index (χ0) is 11.6. The number of esters is 1. The van der Waals surface area contributed by atoms with E-state index in [9.17, 15) is 9.59 Å². The topological polar surface area (TPSA) is 43.4 Å².